The van der Waals surface area contributed by atoms with Gasteiger partial charge in [0, 0.05) is 44.9 Å². The number of benzene rings is 1. The second-order valence-corrected chi connectivity index (χ2v) is 5.34. The molecule has 0 radical (unpaired) electrons. The Morgan fingerprint density at radius 3 is 2.83 bits per heavy atom. The molecule has 126 valence electrons. The number of nitro benzene ring substituents is 1. The molecule has 1 aromatic carbocycles. The zero-order chi connectivity index (χ0) is 16.7. The Labute approximate surface area is 134 Å². The van der Waals surface area contributed by atoms with Crippen LogP contribution in [0, 0.1) is 10.1 Å². The molecule has 0 saturated carbocycles. The van der Waals surface area contributed by atoms with E-state index in [9.17, 15) is 14.9 Å². The number of piperazine rings is 1. The molecule has 1 aromatic rings. The van der Waals surface area contributed by atoms with Crippen LogP contribution in [0.1, 0.15) is 16.8 Å². The highest BCUT2D eigenvalue weighted by Gasteiger charge is 2.17. The van der Waals surface area contributed by atoms with E-state index in [1.165, 1.54) is 25.3 Å². The van der Waals surface area contributed by atoms with Crippen LogP contribution in [0.15, 0.2) is 18.2 Å². The molecule has 0 aromatic heterocycles. The van der Waals surface area contributed by atoms with Crippen LogP contribution < -0.4 is 15.4 Å². The molecule has 2 N–H and O–H groups in total. The molecule has 23 heavy (non-hydrogen) atoms. The Morgan fingerprint density at radius 2 is 2.17 bits per heavy atom. The van der Waals surface area contributed by atoms with E-state index in [0.29, 0.717) is 12.3 Å². The number of hydrogen-bond donors (Lipinski definition) is 2. The number of non-ortho nitro benzene ring substituents is 1. The average Bonchev–Trinajstić information content (AvgIpc) is 2.58. The fraction of sp³-hybridized carbons (Fsp3) is 0.533. The van der Waals surface area contributed by atoms with Gasteiger partial charge in [-0.25, -0.2) is 0 Å². The van der Waals surface area contributed by atoms with Crippen LogP contribution >= 0.6 is 0 Å². The first-order valence-electron chi connectivity index (χ1n) is 7.65. The molecule has 1 aliphatic rings. The van der Waals surface area contributed by atoms with Crippen LogP contribution in [-0.4, -0.2) is 62.1 Å². The SMILES string of the molecule is COc1ccc([N+](=O)[O-])cc1C(=O)NCCCN1CCNCC1. The number of ether oxygens (including phenoxy) is 1. The second-order valence-electron chi connectivity index (χ2n) is 5.34. The van der Waals surface area contributed by atoms with E-state index in [0.717, 1.165) is 39.1 Å². The third-order valence-corrected chi connectivity index (χ3v) is 3.78. The van der Waals surface area contributed by atoms with Gasteiger partial charge >= 0.3 is 0 Å². The molecular weight excluding hydrogens is 300 g/mol. The lowest BCUT2D eigenvalue weighted by atomic mass is 10.1. The van der Waals surface area contributed by atoms with Crippen molar-refractivity contribution in [2.45, 2.75) is 6.42 Å². The zero-order valence-corrected chi connectivity index (χ0v) is 13.2. The van der Waals surface area contributed by atoms with Crippen molar-refractivity contribution in [3.8, 4) is 5.75 Å². The van der Waals surface area contributed by atoms with Gasteiger partial charge in [-0.05, 0) is 19.0 Å². The molecule has 1 fully saturated rings. The molecule has 8 heteroatoms. The number of methoxy groups -OCH3 is 1. The molecule has 0 atom stereocenters. The van der Waals surface area contributed by atoms with Crippen LogP contribution in [0.25, 0.3) is 0 Å². The monoisotopic (exact) mass is 322 g/mol. The Morgan fingerprint density at radius 1 is 1.43 bits per heavy atom. The number of carbonyl (C=O) groups excluding carboxylic acids is 1. The first-order valence-corrected chi connectivity index (χ1v) is 7.65. The number of nitro groups is 1. The van der Waals surface area contributed by atoms with E-state index >= 15 is 0 Å². The summed E-state index contributed by atoms with van der Waals surface area (Å²) in [6, 6.07) is 4.00. The summed E-state index contributed by atoms with van der Waals surface area (Å²) in [5, 5.41) is 16.9. The van der Waals surface area contributed by atoms with Gasteiger partial charge in [-0.2, -0.15) is 0 Å². The Bertz CT molecular complexity index is 558. The van der Waals surface area contributed by atoms with Crippen molar-refractivity contribution < 1.29 is 14.5 Å². The van der Waals surface area contributed by atoms with E-state index in [2.05, 4.69) is 15.5 Å². The first kappa shape index (κ1) is 17.2. The number of carbonyl (C=O) groups is 1. The van der Waals surface area contributed by atoms with Gasteiger partial charge in [0.15, 0.2) is 0 Å². The van der Waals surface area contributed by atoms with E-state index in [4.69, 9.17) is 4.74 Å². The van der Waals surface area contributed by atoms with E-state index < -0.39 is 4.92 Å². The molecule has 1 amide bonds. The molecule has 1 heterocycles. The lowest BCUT2D eigenvalue weighted by Gasteiger charge is -2.27. The van der Waals surface area contributed by atoms with Gasteiger partial charge in [0.25, 0.3) is 11.6 Å². The molecule has 0 spiro atoms. The van der Waals surface area contributed by atoms with Crippen LogP contribution in [0.4, 0.5) is 5.69 Å². The molecule has 0 aliphatic carbocycles. The summed E-state index contributed by atoms with van der Waals surface area (Å²) in [4.78, 5) is 24.9. The fourth-order valence-corrected chi connectivity index (χ4v) is 2.52. The molecule has 0 bridgehead atoms. The summed E-state index contributed by atoms with van der Waals surface area (Å²) >= 11 is 0. The molecule has 0 unspecified atom stereocenters. The maximum Gasteiger partial charge on any atom is 0.270 e. The standard InChI is InChI=1S/C15H22N4O4/c1-23-14-4-3-12(19(21)22)11-13(14)15(20)17-5-2-8-18-9-6-16-7-10-18/h3-4,11,16H,2,5-10H2,1H3,(H,17,20). The first-order chi connectivity index (χ1) is 11.1. The summed E-state index contributed by atoms with van der Waals surface area (Å²) in [6.45, 7) is 5.48. The summed E-state index contributed by atoms with van der Waals surface area (Å²) in [5.41, 5.74) is 0.0561. The largest absolute Gasteiger partial charge is 0.496 e. The Balaban J connectivity index is 1.86. The second kappa shape index (κ2) is 8.44. The van der Waals surface area contributed by atoms with Crippen LogP contribution in [-0.2, 0) is 0 Å². The van der Waals surface area contributed by atoms with Gasteiger partial charge < -0.3 is 20.3 Å². The van der Waals surface area contributed by atoms with Crippen molar-refractivity contribution in [2.75, 3.05) is 46.4 Å². The minimum absolute atomic E-state index is 0.128. The maximum atomic E-state index is 12.2. The smallest absolute Gasteiger partial charge is 0.270 e. The van der Waals surface area contributed by atoms with Crippen LogP contribution in [0.2, 0.25) is 0 Å². The molecular formula is C15H22N4O4. The van der Waals surface area contributed by atoms with Crippen LogP contribution in [0.5, 0.6) is 5.75 Å². The van der Waals surface area contributed by atoms with Gasteiger partial charge in [0.1, 0.15) is 5.75 Å². The Kier molecular flexibility index (Phi) is 6.30. The quantitative estimate of drug-likeness (QED) is 0.434. The molecule has 2 rings (SSSR count). The fourth-order valence-electron chi connectivity index (χ4n) is 2.52. The third-order valence-electron chi connectivity index (χ3n) is 3.78. The van der Waals surface area contributed by atoms with E-state index in [-0.39, 0.29) is 17.2 Å². The predicted octanol–water partition coefficient (Wildman–Crippen LogP) is 0.629. The molecule has 1 aliphatic heterocycles. The molecule has 1 saturated heterocycles. The number of amides is 1. The zero-order valence-electron chi connectivity index (χ0n) is 13.2. The topological polar surface area (TPSA) is 96.7 Å². The van der Waals surface area contributed by atoms with Crippen molar-refractivity contribution in [1.29, 1.82) is 0 Å². The van der Waals surface area contributed by atoms with Crippen molar-refractivity contribution in [3.05, 3.63) is 33.9 Å². The third kappa shape index (κ3) is 4.90. The van der Waals surface area contributed by atoms with Crippen molar-refractivity contribution in [3.63, 3.8) is 0 Å². The number of hydrogen-bond acceptors (Lipinski definition) is 6. The van der Waals surface area contributed by atoms with Gasteiger partial charge in [-0.3, -0.25) is 14.9 Å². The summed E-state index contributed by atoms with van der Waals surface area (Å²) < 4.78 is 5.10. The van der Waals surface area contributed by atoms with Crippen molar-refractivity contribution in [1.82, 2.24) is 15.5 Å². The summed E-state index contributed by atoms with van der Waals surface area (Å²) in [7, 11) is 1.43. The Hall–Kier alpha value is -2.19. The normalized spacial score (nSPS) is 15.2. The van der Waals surface area contributed by atoms with Gasteiger partial charge in [-0.1, -0.05) is 0 Å². The highest BCUT2D eigenvalue weighted by molar-refractivity contribution is 5.97. The highest BCUT2D eigenvalue weighted by Crippen LogP contribution is 2.23. The maximum absolute atomic E-state index is 12.2. The highest BCUT2D eigenvalue weighted by atomic mass is 16.6. The average molecular weight is 322 g/mol. The van der Waals surface area contributed by atoms with Gasteiger partial charge in [-0.15, -0.1) is 0 Å². The van der Waals surface area contributed by atoms with E-state index in [1.807, 2.05) is 0 Å². The predicted molar refractivity (Wildman–Crippen MR) is 85.9 cm³/mol. The lowest BCUT2D eigenvalue weighted by molar-refractivity contribution is -0.384. The number of rotatable bonds is 7. The summed E-state index contributed by atoms with van der Waals surface area (Å²) in [6.07, 6.45) is 0.836. The minimum atomic E-state index is -0.527. The number of nitrogens with one attached hydrogen (secondary N) is 2. The van der Waals surface area contributed by atoms with Crippen molar-refractivity contribution >= 4 is 11.6 Å². The van der Waals surface area contributed by atoms with Gasteiger partial charge in [0.2, 0.25) is 0 Å². The minimum Gasteiger partial charge on any atom is -0.496 e. The molecule has 8 nitrogen and oxygen atoms in total. The number of nitrogens with zero attached hydrogens (tertiary/aromatic N) is 2. The van der Waals surface area contributed by atoms with Crippen molar-refractivity contribution in [2.24, 2.45) is 0 Å². The summed E-state index contributed by atoms with van der Waals surface area (Å²) in [5.74, 6) is -0.0268. The lowest BCUT2D eigenvalue weighted by Crippen LogP contribution is -2.44. The van der Waals surface area contributed by atoms with E-state index in [1.54, 1.807) is 0 Å². The van der Waals surface area contributed by atoms with Crippen LogP contribution in [0.3, 0.4) is 0 Å². The van der Waals surface area contributed by atoms with Gasteiger partial charge in [0.05, 0.1) is 17.6 Å².